The average Bonchev–Trinajstić information content (AvgIpc) is 3.46. The third-order valence-corrected chi connectivity index (χ3v) is 5.33. The molecule has 2 aromatic carbocycles. The molecule has 33 heavy (non-hydrogen) atoms. The molecule has 0 atom stereocenters. The van der Waals surface area contributed by atoms with Crippen molar-refractivity contribution in [3.63, 3.8) is 0 Å². The molecule has 3 aromatic heterocycles. The SMILES string of the molecule is CCn1cc(-c2ccnc3[nH]ccc23)c(-c2ccc(NC(=O)Nc3cccc(F)c3)cc2)n1. The van der Waals surface area contributed by atoms with Crippen LogP contribution < -0.4 is 10.6 Å². The highest BCUT2D eigenvalue weighted by molar-refractivity contribution is 6.00. The van der Waals surface area contributed by atoms with E-state index < -0.39 is 11.8 Å². The van der Waals surface area contributed by atoms with Gasteiger partial charge in [-0.25, -0.2) is 14.2 Å². The zero-order valence-corrected chi connectivity index (χ0v) is 17.8. The van der Waals surface area contributed by atoms with Crippen molar-refractivity contribution in [2.45, 2.75) is 13.5 Å². The maximum Gasteiger partial charge on any atom is 0.323 e. The van der Waals surface area contributed by atoms with E-state index in [-0.39, 0.29) is 0 Å². The molecule has 0 unspecified atom stereocenters. The van der Waals surface area contributed by atoms with Gasteiger partial charge < -0.3 is 15.6 Å². The minimum absolute atomic E-state index is 0.382. The van der Waals surface area contributed by atoms with Gasteiger partial charge in [-0.05, 0) is 55.0 Å². The van der Waals surface area contributed by atoms with Gasteiger partial charge in [-0.15, -0.1) is 0 Å². The molecule has 0 saturated heterocycles. The maximum atomic E-state index is 13.3. The fourth-order valence-corrected chi connectivity index (χ4v) is 3.76. The summed E-state index contributed by atoms with van der Waals surface area (Å²) in [5.74, 6) is -0.411. The maximum absolute atomic E-state index is 13.3. The van der Waals surface area contributed by atoms with Crippen LogP contribution in [0.4, 0.5) is 20.6 Å². The number of benzene rings is 2. The molecule has 0 aliphatic heterocycles. The van der Waals surface area contributed by atoms with Crippen molar-refractivity contribution < 1.29 is 9.18 Å². The summed E-state index contributed by atoms with van der Waals surface area (Å²) in [6.45, 7) is 2.79. The number of anilines is 2. The molecule has 2 amide bonds. The Kier molecular flexibility index (Phi) is 5.32. The number of urea groups is 1. The Hall–Kier alpha value is -4.46. The van der Waals surface area contributed by atoms with Gasteiger partial charge in [0, 0.05) is 53.0 Å². The van der Waals surface area contributed by atoms with Gasteiger partial charge in [-0.3, -0.25) is 4.68 Å². The minimum Gasteiger partial charge on any atom is -0.346 e. The van der Waals surface area contributed by atoms with Crippen LogP contribution in [0.3, 0.4) is 0 Å². The molecule has 164 valence electrons. The first-order valence-electron chi connectivity index (χ1n) is 10.5. The summed E-state index contributed by atoms with van der Waals surface area (Å²) < 4.78 is 15.2. The number of carbonyl (C=O) groups excluding carboxylic acids is 1. The Labute approximate surface area is 189 Å². The Morgan fingerprint density at radius 2 is 1.85 bits per heavy atom. The van der Waals surface area contributed by atoms with Crippen LogP contribution in [0.15, 0.2) is 79.3 Å². The normalized spacial score (nSPS) is 11.0. The second-order valence-corrected chi connectivity index (χ2v) is 7.51. The molecule has 5 aromatic rings. The summed E-state index contributed by atoms with van der Waals surface area (Å²) in [7, 11) is 0. The number of hydrogen-bond acceptors (Lipinski definition) is 3. The molecule has 3 heterocycles. The number of carbonyl (C=O) groups is 1. The number of aromatic amines is 1. The van der Waals surface area contributed by atoms with Crippen LogP contribution in [-0.2, 0) is 6.54 Å². The van der Waals surface area contributed by atoms with Crippen molar-refractivity contribution in [3.05, 3.63) is 85.1 Å². The van der Waals surface area contributed by atoms with E-state index in [9.17, 15) is 9.18 Å². The van der Waals surface area contributed by atoms with E-state index in [0.29, 0.717) is 11.4 Å². The number of aromatic nitrogens is 4. The summed E-state index contributed by atoms with van der Waals surface area (Å²) in [5, 5.41) is 11.2. The van der Waals surface area contributed by atoms with Gasteiger partial charge in [0.2, 0.25) is 0 Å². The summed E-state index contributed by atoms with van der Waals surface area (Å²) in [6.07, 6.45) is 5.70. The standard InChI is InChI=1S/C25H21FN6O/c1-2-32-15-22(20-10-12-27-24-21(20)11-13-28-24)23(31-32)16-6-8-18(9-7-16)29-25(33)30-19-5-3-4-17(26)14-19/h3-15H,2H2,1H3,(H,27,28)(H2,29,30,33). The predicted octanol–water partition coefficient (Wildman–Crippen LogP) is 5.90. The molecule has 5 rings (SSSR count). The number of halogens is 1. The molecular formula is C25H21FN6O. The van der Waals surface area contributed by atoms with E-state index in [1.165, 1.54) is 18.2 Å². The Bertz CT molecular complexity index is 1440. The zero-order valence-electron chi connectivity index (χ0n) is 17.8. The van der Waals surface area contributed by atoms with Crippen LogP contribution in [0.2, 0.25) is 0 Å². The van der Waals surface area contributed by atoms with E-state index in [1.807, 2.05) is 60.4 Å². The smallest absolute Gasteiger partial charge is 0.323 e. The summed E-state index contributed by atoms with van der Waals surface area (Å²) in [5.41, 5.74) is 5.65. The lowest BCUT2D eigenvalue weighted by Crippen LogP contribution is -2.19. The molecule has 0 saturated carbocycles. The molecule has 0 radical (unpaired) electrons. The van der Waals surface area contributed by atoms with Crippen LogP contribution in [-0.4, -0.2) is 25.8 Å². The fourth-order valence-electron chi connectivity index (χ4n) is 3.76. The number of nitrogens with one attached hydrogen (secondary N) is 3. The highest BCUT2D eigenvalue weighted by atomic mass is 19.1. The number of fused-ring (bicyclic) bond motifs is 1. The van der Waals surface area contributed by atoms with E-state index in [0.717, 1.165) is 40.0 Å². The van der Waals surface area contributed by atoms with Gasteiger partial charge >= 0.3 is 6.03 Å². The van der Waals surface area contributed by atoms with Crippen LogP contribution in [0, 0.1) is 5.82 Å². The van der Waals surface area contributed by atoms with Crippen LogP contribution >= 0.6 is 0 Å². The summed E-state index contributed by atoms with van der Waals surface area (Å²) in [4.78, 5) is 19.8. The fraction of sp³-hybridized carbons (Fsp3) is 0.0800. The van der Waals surface area contributed by atoms with Crippen molar-refractivity contribution in [3.8, 4) is 22.4 Å². The van der Waals surface area contributed by atoms with Crippen molar-refractivity contribution >= 4 is 28.4 Å². The first-order valence-corrected chi connectivity index (χ1v) is 10.5. The molecule has 0 spiro atoms. The molecular weight excluding hydrogens is 419 g/mol. The Morgan fingerprint density at radius 1 is 1.03 bits per heavy atom. The van der Waals surface area contributed by atoms with Crippen molar-refractivity contribution in [1.82, 2.24) is 19.7 Å². The number of nitrogens with zero attached hydrogens (tertiary/aromatic N) is 3. The summed E-state index contributed by atoms with van der Waals surface area (Å²) >= 11 is 0. The third-order valence-electron chi connectivity index (χ3n) is 5.33. The van der Waals surface area contributed by atoms with Gasteiger partial charge in [0.15, 0.2) is 0 Å². The van der Waals surface area contributed by atoms with Gasteiger partial charge in [-0.2, -0.15) is 5.10 Å². The van der Waals surface area contributed by atoms with Gasteiger partial charge in [0.25, 0.3) is 0 Å². The second-order valence-electron chi connectivity index (χ2n) is 7.51. The molecule has 0 fully saturated rings. The summed E-state index contributed by atoms with van der Waals surface area (Å²) in [6, 6.07) is 16.8. The Morgan fingerprint density at radius 3 is 2.64 bits per heavy atom. The number of H-pyrrole nitrogens is 1. The molecule has 7 nitrogen and oxygen atoms in total. The van der Waals surface area contributed by atoms with Gasteiger partial charge in [-0.1, -0.05) is 18.2 Å². The number of hydrogen-bond donors (Lipinski definition) is 3. The monoisotopic (exact) mass is 440 g/mol. The predicted molar refractivity (Wildman–Crippen MR) is 127 cm³/mol. The molecule has 0 aliphatic carbocycles. The average molecular weight is 440 g/mol. The van der Waals surface area contributed by atoms with Crippen LogP contribution in [0.25, 0.3) is 33.4 Å². The topological polar surface area (TPSA) is 87.6 Å². The van der Waals surface area contributed by atoms with Gasteiger partial charge in [0.05, 0.1) is 0 Å². The molecule has 0 aliphatic rings. The van der Waals surface area contributed by atoms with Crippen LogP contribution in [0.5, 0.6) is 0 Å². The molecule has 8 heteroatoms. The quantitative estimate of drug-likeness (QED) is 0.318. The molecule has 0 bridgehead atoms. The number of aryl methyl sites for hydroxylation is 1. The second kappa shape index (κ2) is 8.58. The zero-order chi connectivity index (χ0) is 22.8. The lowest BCUT2D eigenvalue weighted by molar-refractivity contribution is 0.262. The van der Waals surface area contributed by atoms with Crippen molar-refractivity contribution in [2.75, 3.05) is 10.6 Å². The lowest BCUT2D eigenvalue weighted by Gasteiger charge is -2.09. The van der Waals surface area contributed by atoms with Crippen molar-refractivity contribution in [2.24, 2.45) is 0 Å². The largest absolute Gasteiger partial charge is 0.346 e. The van der Waals surface area contributed by atoms with Crippen LogP contribution in [0.1, 0.15) is 6.92 Å². The van der Waals surface area contributed by atoms with E-state index in [2.05, 4.69) is 20.6 Å². The third kappa shape index (κ3) is 4.18. The van der Waals surface area contributed by atoms with E-state index in [1.54, 1.807) is 12.3 Å². The number of amides is 2. The minimum atomic E-state index is -0.448. The molecule has 3 N–H and O–H groups in total. The van der Waals surface area contributed by atoms with Crippen molar-refractivity contribution in [1.29, 1.82) is 0 Å². The first kappa shape index (κ1) is 20.4. The van der Waals surface area contributed by atoms with E-state index in [4.69, 9.17) is 5.10 Å². The van der Waals surface area contributed by atoms with Gasteiger partial charge in [0.1, 0.15) is 17.2 Å². The Balaban J connectivity index is 1.41. The number of rotatable bonds is 5. The lowest BCUT2D eigenvalue weighted by atomic mass is 10.0. The number of pyridine rings is 1. The highest BCUT2D eigenvalue weighted by Gasteiger charge is 2.16. The first-order chi connectivity index (χ1) is 16.1. The highest BCUT2D eigenvalue weighted by Crippen LogP contribution is 2.35. The van der Waals surface area contributed by atoms with E-state index >= 15 is 0 Å².